The van der Waals surface area contributed by atoms with Crippen LogP contribution in [0.5, 0.6) is 11.5 Å². The molecule has 3 heterocycles. The summed E-state index contributed by atoms with van der Waals surface area (Å²) in [6.07, 6.45) is 3.57. The third-order valence-corrected chi connectivity index (χ3v) is 14.0. The first-order chi connectivity index (χ1) is 35.2. The van der Waals surface area contributed by atoms with Gasteiger partial charge in [-0.3, -0.25) is 0 Å². The molecule has 368 valence electrons. The van der Waals surface area contributed by atoms with Gasteiger partial charge in [0.1, 0.15) is 23.1 Å². The van der Waals surface area contributed by atoms with E-state index in [9.17, 15) is 8.78 Å². The van der Waals surface area contributed by atoms with Gasteiger partial charge in [0.05, 0.1) is 11.1 Å². The average Bonchev–Trinajstić information content (AvgIpc) is 3.94. The monoisotopic (exact) mass is 1150 g/mol. The summed E-state index contributed by atoms with van der Waals surface area (Å²) in [5, 5.41) is 2.14. The van der Waals surface area contributed by atoms with Gasteiger partial charge in [-0.05, 0) is 127 Å². The van der Waals surface area contributed by atoms with Crippen molar-refractivity contribution in [2.24, 2.45) is 0 Å². The normalized spacial score (nSPS) is 12.4. The molecule has 0 atom stereocenters. The summed E-state index contributed by atoms with van der Waals surface area (Å²) in [5.74, 6) is 1.22. The summed E-state index contributed by atoms with van der Waals surface area (Å²) < 4.78 is 42.7. The molecule has 5 nitrogen and oxygen atoms in total. The van der Waals surface area contributed by atoms with E-state index in [0.717, 1.165) is 96.5 Å². The minimum absolute atomic E-state index is 0. The van der Waals surface area contributed by atoms with E-state index in [0.29, 0.717) is 17.2 Å². The third kappa shape index (κ3) is 9.25. The zero-order chi connectivity index (χ0) is 50.8. The molecule has 10 aromatic rings. The Balaban J connectivity index is 0.00000626. The molecule has 0 fully saturated rings. The fraction of sp³-hybridized carbons (Fsp3) is 0.182. The number of hydrogen-bond acceptors (Lipinski definition) is 2. The van der Waals surface area contributed by atoms with Gasteiger partial charge >= 0.3 is 27.1 Å². The first kappa shape index (κ1) is 50.0. The molecule has 0 spiro atoms. The summed E-state index contributed by atoms with van der Waals surface area (Å²) in [4.78, 5) is 4.91. The van der Waals surface area contributed by atoms with Crippen molar-refractivity contribution < 1.29 is 34.6 Å². The summed E-state index contributed by atoms with van der Waals surface area (Å²) in [6, 6.07) is 64.6. The van der Waals surface area contributed by atoms with E-state index in [4.69, 9.17) is 9.72 Å². The molecule has 0 aliphatic carbocycles. The van der Waals surface area contributed by atoms with Crippen molar-refractivity contribution >= 4 is 50.6 Å². The van der Waals surface area contributed by atoms with Crippen molar-refractivity contribution in [3.05, 3.63) is 216 Å². The van der Waals surface area contributed by atoms with Crippen molar-refractivity contribution in [1.29, 1.82) is 0 Å². The van der Waals surface area contributed by atoms with Crippen LogP contribution in [0.2, 0.25) is 0 Å². The minimum Gasteiger partial charge on any atom is -0.509 e. The molecule has 0 N–H and O–H groups in total. The quantitative estimate of drug-likeness (QED) is 0.101. The number of halogens is 2. The van der Waals surface area contributed by atoms with Crippen LogP contribution in [-0.4, -0.2) is 15.6 Å². The second kappa shape index (κ2) is 19.7. The van der Waals surface area contributed by atoms with Gasteiger partial charge in [0.25, 0.3) is 11.4 Å². The maximum atomic E-state index is 14.7. The molecule has 0 amide bonds. The molecule has 74 heavy (non-hydrogen) atoms. The Bertz CT molecular complexity index is 3780. The van der Waals surface area contributed by atoms with Crippen molar-refractivity contribution in [2.75, 3.05) is 0 Å². The molecule has 0 bridgehead atoms. The van der Waals surface area contributed by atoms with E-state index in [1.807, 2.05) is 53.2 Å². The van der Waals surface area contributed by atoms with Crippen LogP contribution >= 0.6 is 0 Å². The van der Waals surface area contributed by atoms with Crippen LogP contribution in [0.25, 0.3) is 61.0 Å². The Hall–Kier alpha value is -7.56. The third-order valence-electron chi connectivity index (χ3n) is 14.0. The molecule has 1 aliphatic rings. The van der Waals surface area contributed by atoms with E-state index in [1.54, 1.807) is 0 Å². The topological polar surface area (TPSA) is 33.1 Å². The molecule has 11 rings (SSSR count). The second-order valence-electron chi connectivity index (χ2n) is 20.9. The van der Waals surface area contributed by atoms with Gasteiger partial charge in [-0.15, -0.1) is 29.1 Å². The number of pyridine rings is 1. The zero-order valence-corrected chi connectivity index (χ0v) is 45.1. The van der Waals surface area contributed by atoms with E-state index in [-0.39, 0.29) is 43.5 Å². The summed E-state index contributed by atoms with van der Waals surface area (Å²) in [5.41, 5.74) is 15.1. The number of nitrogens with zero attached hydrogens (tertiary/aromatic N) is 4. The summed E-state index contributed by atoms with van der Waals surface area (Å²) >= 11 is 0. The van der Waals surface area contributed by atoms with Gasteiger partial charge in [-0.1, -0.05) is 150 Å². The van der Waals surface area contributed by atoms with Crippen LogP contribution in [-0.2, 0) is 44.7 Å². The molecule has 0 radical (unpaired) electrons. The number of aromatic nitrogens is 2. The first-order valence-electron chi connectivity index (χ1n) is 25.1. The predicted molar refractivity (Wildman–Crippen MR) is 296 cm³/mol. The molecule has 0 saturated carbocycles. The molecular formula is C66H56F2N4OPt+2. The zero-order valence-electron chi connectivity index (χ0n) is 42.8. The Morgan fingerprint density at radius 3 is 1.77 bits per heavy atom. The Morgan fingerprint density at radius 2 is 1.16 bits per heavy atom. The van der Waals surface area contributed by atoms with Gasteiger partial charge < -0.3 is 9.30 Å². The maximum Gasteiger partial charge on any atom is 2.00 e. The van der Waals surface area contributed by atoms with Gasteiger partial charge in [0.15, 0.2) is 0 Å². The number of fused-ring (bicyclic) bond motifs is 4. The van der Waals surface area contributed by atoms with Gasteiger partial charge in [-0.25, -0.2) is 13.8 Å². The van der Waals surface area contributed by atoms with Crippen LogP contribution in [0.4, 0.5) is 31.5 Å². The average molecular weight is 1150 g/mol. The summed E-state index contributed by atoms with van der Waals surface area (Å²) in [7, 11) is 0. The Morgan fingerprint density at radius 1 is 0.568 bits per heavy atom. The van der Waals surface area contributed by atoms with Gasteiger partial charge in [0.2, 0.25) is 5.69 Å². The predicted octanol–water partition coefficient (Wildman–Crippen LogP) is 17.4. The number of para-hydroxylation sites is 3. The molecule has 2 aromatic heterocycles. The van der Waals surface area contributed by atoms with Crippen LogP contribution in [0.1, 0.15) is 77.6 Å². The van der Waals surface area contributed by atoms with E-state index < -0.39 is 0 Å². The second-order valence-corrected chi connectivity index (χ2v) is 20.9. The number of aryl methyl sites for hydroxylation is 2. The number of rotatable bonds is 10. The maximum absolute atomic E-state index is 14.7. The van der Waals surface area contributed by atoms with Gasteiger partial charge in [0, 0.05) is 35.3 Å². The van der Waals surface area contributed by atoms with Crippen molar-refractivity contribution in [3.8, 4) is 50.7 Å². The van der Waals surface area contributed by atoms with Gasteiger partial charge in [-0.2, -0.15) is 6.07 Å². The van der Waals surface area contributed by atoms with E-state index >= 15 is 0 Å². The van der Waals surface area contributed by atoms with Crippen molar-refractivity contribution in [1.82, 2.24) is 18.7 Å². The molecule has 1 aliphatic heterocycles. The Kier molecular flexibility index (Phi) is 13.3. The Labute approximate surface area is 447 Å². The molecule has 8 heteroatoms. The minimum atomic E-state index is -0.320. The molecular weight excluding hydrogens is 1100 g/mol. The summed E-state index contributed by atoms with van der Waals surface area (Å²) in [6.45, 7) is 17.6. The number of hydrogen-bond donors (Lipinski definition) is 0. The standard InChI is InChI=1S/C66H56F2N4O.Pt/c1-9-42-16-15-17-43(10-2)63(42)46-34-51(39-53(35-46)73-52-30-31-55-54-18-11-12-19-58(54)72(61(55)40-52)62-38-47(32-33-69-62)65(3,4)5)70-41-71(60-21-14-13-20-59(60)70)64-56(44-22-26-49(67)27-23-44)36-48(66(6,7)8)37-57(64)45-24-28-50(68)29-25-45;/h11-38H,9-10H2,1-8H3;/q;+2. The van der Waals surface area contributed by atoms with E-state index in [2.05, 4.69) is 180 Å². The molecule has 0 saturated heterocycles. The van der Waals surface area contributed by atoms with Crippen LogP contribution < -0.4 is 13.9 Å². The fourth-order valence-electron chi connectivity index (χ4n) is 10.2. The molecule has 0 unspecified atom stereocenters. The molecule has 8 aromatic carbocycles. The smallest absolute Gasteiger partial charge is 0.509 e. The van der Waals surface area contributed by atoms with Crippen LogP contribution in [0.3, 0.4) is 0 Å². The van der Waals surface area contributed by atoms with E-state index in [1.165, 1.54) is 41.0 Å². The fourth-order valence-corrected chi connectivity index (χ4v) is 10.2. The number of ether oxygens (including phenoxy) is 1. The number of benzene rings is 8. The van der Waals surface area contributed by atoms with Crippen LogP contribution in [0, 0.1) is 23.8 Å². The SMILES string of the molecule is CCc1cccc(CC)c1-c1cc(Oc2[c-]c3c(cc2)c2ccccc2n3-c2cc(C(C)(C)C)ccn2)[c-]c([N+]2=C=[N+](c3c(-c4ccc(F)cc4)cc(C(C)(C)C)cc3-c3ccc(F)cc3)c3ccccc32)c1.[Pt+2]. The van der Waals surface area contributed by atoms with Crippen molar-refractivity contribution in [2.45, 2.75) is 79.1 Å². The largest absolute Gasteiger partial charge is 2.00 e. The first-order valence-corrected chi connectivity index (χ1v) is 25.1. The van der Waals surface area contributed by atoms with Crippen molar-refractivity contribution in [3.63, 3.8) is 0 Å². The van der Waals surface area contributed by atoms with Crippen LogP contribution in [0.15, 0.2) is 170 Å².